The number of hydrogen-bond donors (Lipinski definition) is 2. The van der Waals surface area contributed by atoms with Crippen molar-refractivity contribution in [3.05, 3.63) is 57.3 Å². The van der Waals surface area contributed by atoms with E-state index >= 15 is 0 Å². The third kappa shape index (κ3) is 4.62. The molecule has 0 atom stereocenters. The molecule has 160 valence electrons. The Morgan fingerprint density at radius 3 is 2.27 bits per heavy atom. The smallest absolute Gasteiger partial charge is 0.258 e. The highest BCUT2D eigenvalue weighted by atomic mass is 35.5. The van der Waals surface area contributed by atoms with Gasteiger partial charge in [0.05, 0.1) is 15.1 Å². The predicted octanol–water partition coefficient (Wildman–Crippen LogP) is 4.62. The molecule has 0 saturated heterocycles. The topological polar surface area (TPSA) is 59.6 Å². The summed E-state index contributed by atoms with van der Waals surface area (Å²) in [5.41, 5.74) is -0.0995. The second-order valence-electron chi connectivity index (χ2n) is 7.85. The van der Waals surface area contributed by atoms with Gasteiger partial charge in [-0.15, -0.1) is 0 Å². The van der Waals surface area contributed by atoms with Crippen molar-refractivity contribution in [3.63, 3.8) is 0 Å². The number of hydrogen-bond acceptors (Lipinski definition) is 4. The van der Waals surface area contributed by atoms with Crippen LogP contribution in [0.15, 0.2) is 36.4 Å². The Bertz CT molecular complexity index is 953. The molecule has 1 amide bonds. The number of benzene rings is 2. The minimum atomic E-state index is -0.498. The lowest BCUT2D eigenvalue weighted by Gasteiger charge is -2.70. The van der Waals surface area contributed by atoms with E-state index in [1.54, 1.807) is 24.3 Å². The Morgan fingerprint density at radius 1 is 0.933 bits per heavy atom. The third-order valence-electron chi connectivity index (χ3n) is 5.46. The molecule has 3 fully saturated rings. The van der Waals surface area contributed by atoms with Crippen LogP contribution < -0.4 is 20.1 Å². The fourth-order valence-corrected chi connectivity index (χ4v) is 4.61. The second-order valence-corrected chi connectivity index (χ2v) is 9.08. The van der Waals surface area contributed by atoms with Crippen molar-refractivity contribution in [1.82, 2.24) is 10.6 Å². The summed E-state index contributed by atoms with van der Waals surface area (Å²) in [7, 11) is 0. The molecular weight excluding hydrogens is 454 g/mol. The monoisotopic (exact) mass is 472 g/mol. The fraction of sp³-hybridized carbons (Fsp3) is 0.381. The van der Waals surface area contributed by atoms with E-state index in [2.05, 4.69) is 10.6 Å². The summed E-state index contributed by atoms with van der Waals surface area (Å²) < 4.78 is 24.4. The molecule has 5 nitrogen and oxygen atoms in total. The number of nitrogens with one attached hydrogen (secondary N) is 2. The van der Waals surface area contributed by atoms with Gasteiger partial charge in [0.2, 0.25) is 0 Å². The summed E-state index contributed by atoms with van der Waals surface area (Å²) in [5, 5.41) is 7.42. The van der Waals surface area contributed by atoms with Gasteiger partial charge in [0.25, 0.3) is 5.91 Å². The molecule has 0 spiro atoms. The molecule has 0 heterocycles. The molecule has 2 aromatic carbocycles. The zero-order chi connectivity index (χ0) is 21.4. The number of amides is 1. The van der Waals surface area contributed by atoms with Gasteiger partial charge < -0.3 is 20.1 Å². The highest BCUT2D eigenvalue weighted by Gasteiger charge is 2.68. The van der Waals surface area contributed by atoms with Crippen LogP contribution in [0.3, 0.4) is 0 Å². The average Bonchev–Trinajstić information content (AvgIpc) is 2.65. The molecule has 0 aliphatic heterocycles. The molecule has 0 radical (unpaired) electrons. The standard InChI is InChI=1S/C21H20Cl3FN2O3/c22-15-3-1-13(7-17(15)24)30-9-19(28)27-21-10-20(11-21,12-21)26-5-6-29-14-2-4-16(23)18(25)8-14/h1-4,7-8,26H,5-6,9-12H2,(H,27,28). The SMILES string of the molecule is O=C(COc1ccc(Cl)c(Cl)c1)NC12CC(NCCOc3ccc(Cl)c(F)c3)(C1)C2. The summed E-state index contributed by atoms with van der Waals surface area (Å²) in [6, 6.07) is 9.25. The molecule has 0 aromatic heterocycles. The Labute approximate surface area is 188 Å². The molecule has 0 unspecified atom stereocenters. The van der Waals surface area contributed by atoms with Gasteiger partial charge in [-0.25, -0.2) is 4.39 Å². The van der Waals surface area contributed by atoms with Crippen LogP contribution in [0.1, 0.15) is 19.3 Å². The first-order valence-corrected chi connectivity index (χ1v) is 10.6. The summed E-state index contributed by atoms with van der Waals surface area (Å²) >= 11 is 17.5. The lowest BCUT2D eigenvalue weighted by atomic mass is 9.44. The molecule has 30 heavy (non-hydrogen) atoms. The minimum Gasteiger partial charge on any atom is -0.492 e. The lowest BCUT2D eigenvalue weighted by Crippen LogP contribution is -2.83. The van der Waals surface area contributed by atoms with Gasteiger partial charge in [-0.2, -0.15) is 0 Å². The predicted molar refractivity (Wildman–Crippen MR) is 114 cm³/mol. The Hall–Kier alpha value is -1.73. The summed E-state index contributed by atoms with van der Waals surface area (Å²) in [6.07, 6.45) is 2.61. The lowest BCUT2D eigenvalue weighted by molar-refractivity contribution is -0.143. The van der Waals surface area contributed by atoms with Crippen LogP contribution in [0.25, 0.3) is 0 Å². The van der Waals surface area contributed by atoms with E-state index in [0.717, 1.165) is 19.3 Å². The molecular formula is C21H20Cl3FN2O3. The summed E-state index contributed by atoms with van der Waals surface area (Å²) in [4.78, 5) is 12.2. The Kier molecular flexibility index (Phi) is 6.04. The van der Waals surface area contributed by atoms with E-state index in [1.165, 1.54) is 12.1 Å². The van der Waals surface area contributed by atoms with Crippen LogP contribution in [0.2, 0.25) is 15.1 Å². The van der Waals surface area contributed by atoms with E-state index < -0.39 is 5.82 Å². The van der Waals surface area contributed by atoms with Gasteiger partial charge in [-0.05, 0) is 43.5 Å². The molecule has 3 aliphatic carbocycles. The maximum Gasteiger partial charge on any atom is 0.258 e. The molecule has 2 aromatic rings. The van der Waals surface area contributed by atoms with E-state index in [1.807, 2.05) is 0 Å². The highest BCUT2D eigenvalue weighted by molar-refractivity contribution is 6.42. The summed E-state index contributed by atoms with van der Waals surface area (Å²) in [5.74, 6) is 0.280. The maximum atomic E-state index is 13.4. The zero-order valence-corrected chi connectivity index (χ0v) is 18.2. The van der Waals surface area contributed by atoms with Crippen molar-refractivity contribution in [2.45, 2.75) is 30.3 Å². The Balaban J connectivity index is 1.13. The first-order chi connectivity index (χ1) is 14.3. The van der Waals surface area contributed by atoms with Crippen LogP contribution >= 0.6 is 34.8 Å². The first-order valence-electron chi connectivity index (χ1n) is 9.50. The molecule has 3 aliphatic rings. The van der Waals surface area contributed by atoms with Crippen molar-refractivity contribution in [2.24, 2.45) is 0 Å². The normalized spacial score (nSPS) is 23.9. The fourth-order valence-electron chi connectivity index (χ4n) is 4.21. The van der Waals surface area contributed by atoms with Crippen LogP contribution in [0.5, 0.6) is 11.5 Å². The quantitative estimate of drug-likeness (QED) is 0.522. The van der Waals surface area contributed by atoms with E-state index in [-0.39, 0.29) is 28.6 Å². The largest absolute Gasteiger partial charge is 0.492 e. The van der Waals surface area contributed by atoms with Crippen LogP contribution in [-0.4, -0.2) is 36.7 Å². The molecule has 2 bridgehead atoms. The van der Waals surface area contributed by atoms with Crippen LogP contribution in [0.4, 0.5) is 4.39 Å². The van der Waals surface area contributed by atoms with E-state index in [4.69, 9.17) is 44.3 Å². The van der Waals surface area contributed by atoms with Gasteiger partial charge in [-0.3, -0.25) is 4.79 Å². The van der Waals surface area contributed by atoms with E-state index in [9.17, 15) is 9.18 Å². The number of rotatable bonds is 9. The van der Waals surface area contributed by atoms with Gasteiger partial charge >= 0.3 is 0 Å². The second kappa shape index (κ2) is 8.42. The van der Waals surface area contributed by atoms with Crippen molar-refractivity contribution in [1.29, 1.82) is 0 Å². The maximum absolute atomic E-state index is 13.4. The van der Waals surface area contributed by atoms with Crippen molar-refractivity contribution in [2.75, 3.05) is 19.8 Å². The third-order valence-corrected chi connectivity index (χ3v) is 6.50. The summed E-state index contributed by atoms with van der Waals surface area (Å²) in [6.45, 7) is 0.972. The van der Waals surface area contributed by atoms with Crippen molar-refractivity contribution in [3.8, 4) is 11.5 Å². The van der Waals surface area contributed by atoms with Crippen LogP contribution in [-0.2, 0) is 4.79 Å². The number of carbonyl (C=O) groups excluding carboxylic acids is 1. The van der Waals surface area contributed by atoms with Gasteiger partial charge in [0, 0.05) is 29.8 Å². The molecule has 5 rings (SSSR count). The number of halogens is 4. The van der Waals surface area contributed by atoms with Crippen molar-refractivity contribution >= 4 is 40.7 Å². The molecule has 9 heteroatoms. The van der Waals surface area contributed by atoms with Crippen molar-refractivity contribution < 1.29 is 18.7 Å². The van der Waals surface area contributed by atoms with Crippen LogP contribution in [0, 0.1) is 5.82 Å². The minimum absolute atomic E-state index is 0.0481. The van der Waals surface area contributed by atoms with Gasteiger partial charge in [0.1, 0.15) is 23.9 Å². The van der Waals surface area contributed by atoms with Gasteiger partial charge in [-0.1, -0.05) is 34.8 Å². The van der Waals surface area contributed by atoms with Gasteiger partial charge in [0.15, 0.2) is 6.61 Å². The average molecular weight is 474 g/mol. The first kappa shape index (κ1) is 21.5. The highest BCUT2D eigenvalue weighted by Crippen LogP contribution is 2.60. The number of carbonyl (C=O) groups is 1. The molecule has 3 saturated carbocycles. The van der Waals surface area contributed by atoms with E-state index in [0.29, 0.717) is 34.7 Å². The molecule has 2 N–H and O–H groups in total. The number of ether oxygens (including phenoxy) is 2. The zero-order valence-electron chi connectivity index (χ0n) is 15.9. The Morgan fingerprint density at radius 2 is 1.60 bits per heavy atom.